The molecule has 2 nitrogen and oxygen atoms in total. The maximum atomic E-state index is 13.8. The lowest BCUT2D eigenvalue weighted by Gasteiger charge is -2.17. The minimum absolute atomic E-state index is 0.170. The van der Waals surface area contributed by atoms with Crippen LogP contribution in [-0.2, 0) is 6.42 Å². The lowest BCUT2D eigenvalue weighted by molar-refractivity contribution is 0.472. The molecule has 2 aromatic carbocycles. The monoisotopic (exact) mass is 336 g/mol. The summed E-state index contributed by atoms with van der Waals surface area (Å²) in [4.78, 5) is 0. The van der Waals surface area contributed by atoms with Gasteiger partial charge in [0.1, 0.15) is 5.82 Å². The summed E-state index contributed by atoms with van der Waals surface area (Å²) in [5.74, 6) is 5.35. The Balaban J connectivity index is 1.97. The largest absolute Gasteiger partial charge is 0.271 e. The van der Waals surface area contributed by atoms with Crippen molar-refractivity contribution in [2.45, 2.75) is 25.3 Å². The summed E-state index contributed by atoms with van der Waals surface area (Å²) >= 11 is 3.36. The standard InChI is InChI=1S/C16H18BrFN2/c17-13-9-10-15(18)14(11-13)16(20-19)8-4-7-12-5-2-1-3-6-12/h1-3,5-6,9-11,16,20H,4,7-8,19H2. The Kier molecular flexibility index (Phi) is 5.71. The zero-order valence-electron chi connectivity index (χ0n) is 11.2. The first-order chi connectivity index (χ1) is 9.70. The Morgan fingerprint density at radius 3 is 2.60 bits per heavy atom. The van der Waals surface area contributed by atoms with E-state index in [-0.39, 0.29) is 11.9 Å². The number of hydrogen-bond acceptors (Lipinski definition) is 2. The highest BCUT2D eigenvalue weighted by Gasteiger charge is 2.14. The van der Waals surface area contributed by atoms with E-state index < -0.39 is 0 Å². The molecule has 0 aromatic heterocycles. The van der Waals surface area contributed by atoms with Gasteiger partial charge in [0.25, 0.3) is 0 Å². The number of nitrogens with two attached hydrogens (primary N) is 1. The Labute approximate surface area is 127 Å². The van der Waals surface area contributed by atoms with Gasteiger partial charge in [-0.2, -0.15) is 0 Å². The van der Waals surface area contributed by atoms with Crippen molar-refractivity contribution in [2.75, 3.05) is 0 Å². The van der Waals surface area contributed by atoms with Gasteiger partial charge in [-0.1, -0.05) is 46.3 Å². The van der Waals surface area contributed by atoms with Crippen LogP contribution in [0, 0.1) is 5.82 Å². The quantitative estimate of drug-likeness (QED) is 0.615. The summed E-state index contributed by atoms with van der Waals surface area (Å²) in [5.41, 5.74) is 4.61. The molecule has 1 atom stereocenters. The van der Waals surface area contributed by atoms with Crippen LogP contribution in [-0.4, -0.2) is 0 Å². The number of hydrogen-bond donors (Lipinski definition) is 2. The molecule has 2 rings (SSSR count). The Bertz CT molecular complexity index is 545. The summed E-state index contributed by atoms with van der Waals surface area (Å²) in [6, 6.07) is 15.0. The third-order valence-corrected chi connectivity index (χ3v) is 3.83. The third-order valence-electron chi connectivity index (χ3n) is 3.34. The van der Waals surface area contributed by atoms with Gasteiger partial charge in [-0.15, -0.1) is 0 Å². The second-order valence-electron chi connectivity index (χ2n) is 4.76. The molecule has 0 amide bonds. The van der Waals surface area contributed by atoms with Gasteiger partial charge in [0.05, 0.1) is 0 Å². The fraction of sp³-hybridized carbons (Fsp3) is 0.250. The lowest BCUT2D eigenvalue weighted by atomic mass is 9.99. The molecular formula is C16H18BrFN2. The Morgan fingerprint density at radius 1 is 1.15 bits per heavy atom. The van der Waals surface area contributed by atoms with Gasteiger partial charge in [0.2, 0.25) is 0 Å². The van der Waals surface area contributed by atoms with E-state index in [4.69, 9.17) is 5.84 Å². The second-order valence-corrected chi connectivity index (χ2v) is 5.68. The fourth-order valence-electron chi connectivity index (χ4n) is 2.27. The lowest BCUT2D eigenvalue weighted by Crippen LogP contribution is -2.28. The molecule has 0 aliphatic carbocycles. The molecule has 106 valence electrons. The van der Waals surface area contributed by atoms with Crippen molar-refractivity contribution in [2.24, 2.45) is 5.84 Å². The van der Waals surface area contributed by atoms with Crippen molar-refractivity contribution in [3.8, 4) is 0 Å². The highest BCUT2D eigenvalue weighted by atomic mass is 79.9. The van der Waals surface area contributed by atoms with E-state index in [0.717, 1.165) is 23.7 Å². The molecule has 0 radical (unpaired) electrons. The van der Waals surface area contributed by atoms with Crippen LogP contribution < -0.4 is 11.3 Å². The van der Waals surface area contributed by atoms with E-state index in [1.165, 1.54) is 11.6 Å². The van der Waals surface area contributed by atoms with Crippen LogP contribution in [0.5, 0.6) is 0 Å². The van der Waals surface area contributed by atoms with E-state index in [9.17, 15) is 4.39 Å². The summed E-state index contributed by atoms with van der Waals surface area (Å²) < 4.78 is 14.7. The van der Waals surface area contributed by atoms with Crippen molar-refractivity contribution < 1.29 is 4.39 Å². The van der Waals surface area contributed by atoms with Crippen molar-refractivity contribution in [1.82, 2.24) is 5.43 Å². The summed E-state index contributed by atoms with van der Waals surface area (Å²) in [6.07, 6.45) is 2.71. The number of halogens is 2. The first-order valence-electron chi connectivity index (χ1n) is 6.65. The minimum atomic E-state index is -0.226. The average Bonchev–Trinajstić information content (AvgIpc) is 2.48. The van der Waals surface area contributed by atoms with E-state index in [2.05, 4.69) is 33.5 Å². The highest BCUT2D eigenvalue weighted by Crippen LogP contribution is 2.25. The number of aryl methyl sites for hydroxylation is 1. The molecule has 0 saturated carbocycles. The smallest absolute Gasteiger partial charge is 0.128 e. The number of benzene rings is 2. The van der Waals surface area contributed by atoms with E-state index in [1.54, 1.807) is 12.1 Å². The Morgan fingerprint density at radius 2 is 1.90 bits per heavy atom. The molecule has 0 aliphatic heterocycles. The molecule has 3 N–H and O–H groups in total. The number of nitrogens with one attached hydrogen (secondary N) is 1. The zero-order valence-corrected chi connectivity index (χ0v) is 12.7. The topological polar surface area (TPSA) is 38.0 Å². The van der Waals surface area contributed by atoms with E-state index >= 15 is 0 Å². The van der Waals surface area contributed by atoms with Gasteiger partial charge in [-0.3, -0.25) is 11.3 Å². The molecule has 0 saturated heterocycles. The van der Waals surface area contributed by atoms with Crippen LogP contribution in [0.4, 0.5) is 4.39 Å². The maximum Gasteiger partial charge on any atom is 0.128 e. The van der Waals surface area contributed by atoms with Gasteiger partial charge >= 0.3 is 0 Å². The molecule has 0 fully saturated rings. The molecule has 0 heterocycles. The zero-order chi connectivity index (χ0) is 14.4. The molecule has 1 unspecified atom stereocenters. The van der Waals surface area contributed by atoms with Gasteiger partial charge in [0, 0.05) is 16.1 Å². The Hall–Kier alpha value is -1.23. The predicted octanol–water partition coefficient (Wildman–Crippen LogP) is 4.12. The van der Waals surface area contributed by atoms with Crippen LogP contribution in [0.25, 0.3) is 0 Å². The summed E-state index contributed by atoms with van der Waals surface area (Å²) in [7, 11) is 0. The predicted molar refractivity (Wildman–Crippen MR) is 83.5 cm³/mol. The molecule has 0 aliphatic rings. The first-order valence-corrected chi connectivity index (χ1v) is 7.45. The van der Waals surface area contributed by atoms with Crippen LogP contribution in [0.1, 0.15) is 30.0 Å². The highest BCUT2D eigenvalue weighted by molar-refractivity contribution is 9.10. The second kappa shape index (κ2) is 7.53. The summed E-state index contributed by atoms with van der Waals surface area (Å²) in [6.45, 7) is 0. The van der Waals surface area contributed by atoms with Crippen LogP contribution in [0.3, 0.4) is 0 Å². The third kappa shape index (κ3) is 4.13. The molecule has 2 aromatic rings. The summed E-state index contributed by atoms with van der Waals surface area (Å²) in [5, 5.41) is 0. The van der Waals surface area contributed by atoms with Gasteiger partial charge in [-0.25, -0.2) is 4.39 Å². The number of hydrazine groups is 1. The van der Waals surface area contributed by atoms with Crippen molar-refractivity contribution >= 4 is 15.9 Å². The van der Waals surface area contributed by atoms with Crippen molar-refractivity contribution in [1.29, 1.82) is 0 Å². The molecular weight excluding hydrogens is 319 g/mol. The van der Waals surface area contributed by atoms with E-state index in [1.807, 2.05) is 18.2 Å². The molecule has 0 bridgehead atoms. The first kappa shape index (κ1) is 15.2. The molecule has 0 spiro atoms. The average molecular weight is 337 g/mol. The van der Waals surface area contributed by atoms with E-state index in [0.29, 0.717) is 5.56 Å². The van der Waals surface area contributed by atoms with Crippen LogP contribution >= 0.6 is 15.9 Å². The van der Waals surface area contributed by atoms with Gasteiger partial charge in [-0.05, 0) is 43.0 Å². The fourth-order valence-corrected chi connectivity index (χ4v) is 2.64. The van der Waals surface area contributed by atoms with Gasteiger partial charge in [0.15, 0.2) is 0 Å². The van der Waals surface area contributed by atoms with Crippen LogP contribution in [0.15, 0.2) is 53.0 Å². The maximum absolute atomic E-state index is 13.8. The number of rotatable bonds is 6. The SMILES string of the molecule is NNC(CCCc1ccccc1)c1cc(Br)ccc1F. The van der Waals surface area contributed by atoms with Gasteiger partial charge < -0.3 is 0 Å². The van der Waals surface area contributed by atoms with Crippen LogP contribution in [0.2, 0.25) is 0 Å². The normalized spacial score (nSPS) is 12.3. The molecule has 20 heavy (non-hydrogen) atoms. The minimum Gasteiger partial charge on any atom is -0.271 e. The van der Waals surface area contributed by atoms with Crippen molar-refractivity contribution in [3.63, 3.8) is 0 Å². The molecule has 4 heteroatoms. The van der Waals surface area contributed by atoms with Crippen molar-refractivity contribution in [3.05, 3.63) is 69.9 Å².